The van der Waals surface area contributed by atoms with Crippen molar-refractivity contribution in [2.45, 2.75) is 19.4 Å². The third kappa shape index (κ3) is 4.64. The molecule has 28 heavy (non-hydrogen) atoms. The Labute approximate surface area is 163 Å². The zero-order valence-electron chi connectivity index (χ0n) is 15.9. The molecule has 0 radical (unpaired) electrons. The Morgan fingerprint density at radius 2 is 2.07 bits per heavy atom. The van der Waals surface area contributed by atoms with E-state index in [0.717, 1.165) is 31.6 Å². The summed E-state index contributed by atoms with van der Waals surface area (Å²) in [6, 6.07) is 10.2. The lowest BCUT2D eigenvalue weighted by Crippen LogP contribution is -2.34. The maximum absolute atomic E-state index is 13.1. The Hall–Kier alpha value is -3.00. The Balaban J connectivity index is 1.86. The van der Waals surface area contributed by atoms with Crippen molar-refractivity contribution in [1.29, 1.82) is 0 Å². The van der Waals surface area contributed by atoms with Crippen LogP contribution < -0.4 is 4.90 Å². The van der Waals surface area contributed by atoms with Crippen LogP contribution in [0, 0.1) is 10.1 Å². The van der Waals surface area contributed by atoms with Gasteiger partial charge < -0.3 is 14.5 Å². The van der Waals surface area contributed by atoms with E-state index in [9.17, 15) is 14.9 Å². The van der Waals surface area contributed by atoms with Crippen LogP contribution in [0.3, 0.4) is 0 Å². The average Bonchev–Trinajstić information content (AvgIpc) is 3.25. The maximum atomic E-state index is 13.1. The summed E-state index contributed by atoms with van der Waals surface area (Å²) in [7, 11) is 1.57. The third-order valence-corrected chi connectivity index (χ3v) is 4.80. The molecule has 1 amide bonds. The molecule has 0 bridgehead atoms. The fraction of sp³-hybridized carbons (Fsp3) is 0.400. The molecule has 8 heteroatoms. The number of hydrogen-bond acceptors (Lipinski definition) is 6. The van der Waals surface area contributed by atoms with E-state index in [1.807, 2.05) is 23.1 Å². The second-order valence-electron chi connectivity index (χ2n) is 6.70. The largest absolute Gasteiger partial charge is 0.383 e. The van der Waals surface area contributed by atoms with Gasteiger partial charge in [-0.05, 0) is 37.1 Å². The highest BCUT2D eigenvalue weighted by molar-refractivity contribution is 5.95. The molecule has 8 nitrogen and oxygen atoms in total. The third-order valence-electron chi connectivity index (χ3n) is 4.80. The molecule has 0 saturated carbocycles. The number of benzene rings is 1. The molecule has 2 heterocycles. The van der Waals surface area contributed by atoms with E-state index >= 15 is 0 Å². The summed E-state index contributed by atoms with van der Waals surface area (Å²) in [5.41, 5.74) is 1.58. The summed E-state index contributed by atoms with van der Waals surface area (Å²) >= 11 is 0. The molecule has 1 aliphatic rings. The standard InChI is InChI=1S/C20H24N4O4/c1-28-13-12-23(15-17-6-2-3-9-21-17)20(25)16-7-8-18(19(14-16)24(26)27)22-10-4-5-11-22/h2-3,6-9,14H,4-5,10-13,15H2,1H3. The van der Waals surface area contributed by atoms with Gasteiger partial charge in [0.2, 0.25) is 0 Å². The SMILES string of the molecule is COCCN(Cc1ccccn1)C(=O)c1ccc(N2CCCC2)c([N+](=O)[O-])c1. The van der Waals surface area contributed by atoms with Gasteiger partial charge in [0.15, 0.2) is 0 Å². The van der Waals surface area contributed by atoms with Crippen molar-refractivity contribution in [2.75, 3.05) is 38.3 Å². The quantitative estimate of drug-likeness (QED) is 0.514. The number of nitro benzene ring substituents is 1. The first-order valence-electron chi connectivity index (χ1n) is 9.31. The second kappa shape index (κ2) is 9.27. The monoisotopic (exact) mass is 384 g/mol. The van der Waals surface area contributed by atoms with Gasteiger partial charge in [-0.3, -0.25) is 19.9 Å². The van der Waals surface area contributed by atoms with E-state index in [0.29, 0.717) is 30.9 Å². The molecular weight excluding hydrogens is 360 g/mol. The Morgan fingerprint density at radius 1 is 1.29 bits per heavy atom. The minimum absolute atomic E-state index is 0.0303. The molecule has 1 saturated heterocycles. The van der Waals surface area contributed by atoms with Crippen molar-refractivity contribution in [3.63, 3.8) is 0 Å². The Bertz CT molecular complexity index is 822. The van der Waals surface area contributed by atoms with E-state index in [2.05, 4.69) is 4.98 Å². The van der Waals surface area contributed by atoms with Crippen molar-refractivity contribution in [2.24, 2.45) is 0 Å². The molecule has 0 unspecified atom stereocenters. The topological polar surface area (TPSA) is 88.8 Å². The van der Waals surface area contributed by atoms with E-state index in [1.165, 1.54) is 6.07 Å². The summed E-state index contributed by atoms with van der Waals surface area (Å²) in [4.78, 5) is 32.1. The van der Waals surface area contributed by atoms with Gasteiger partial charge in [0, 0.05) is 44.6 Å². The maximum Gasteiger partial charge on any atom is 0.293 e. The second-order valence-corrected chi connectivity index (χ2v) is 6.70. The number of nitrogens with zero attached hydrogens (tertiary/aromatic N) is 4. The summed E-state index contributed by atoms with van der Waals surface area (Å²) in [6.07, 6.45) is 3.71. The summed E-state index contributed by atoms with van der Waals surface area (Å²) in [5, 5.41) is 11.6. The number of methoxy groups -OCH3 is 1. The molecule has 3 rings (SSSR count). The van der Waals surface area contributed by atoms with Crippen molar-refractivity contribution in [1.82, 2.24) is 9.88 Å². The van der Waals surface area contributed by atoms with E-state index < -0.39 is 4.92 Å². The van der Waals surface area contributed by atoms with E-state index in [1.54, 1.807) is 30.3 Å². The number of carbonyl (C=O) groups is 1. The number of anilines is 1. The molecule has 1 aromatic carbocycles. The molecule has 1 fully saturated rings. The van der Waals surface area contributed by atoms with Gasteiger partial charge >= 0.3 is 0 Å². The highest BCUT2D eigenvalue weighted by Crippen LogP contribution is 2.32. The van der Waals surface area contributed by atoms with Crippen LogP contribution >= 0.6 is 0 Å². The van der Waals surface area contributed by atoms with Crippen LogP contribution in [-0.4, -0.2) is 54.1 Å². The highest BCUT2D eigenvalue weighted by atomic mass is 16.6. The van der Waals surface area contributed by atoms with Crippen molar-refractivity contribution in [3.8, 4) is 0 Å². The van der Waals surface area contributed by atoms with Gasteiger partial charge in [-0.2, -0.15) is 0 Å². The first-order valence-corrected chi connectivity index (χ1v) is 9.31. The number of rotatable bonds is 8. The van der Waals surface area contributed by atoms with Gasteiger partial charge in [-0.15, -0.1) is 0 Å². The molecule has 1 aliphatic heterocycles. The van der Waals surface area contributed by atoms with Gasteiger partial charge in [0.05, 0.1) is 23.8 Å². The van der Waals surface area contributed by atoms with Crippen molar-refractivity contribution >= 4 is 17.3 Å². The zero-order chi connectivity index (χ0) is 19.9. The number of nitro groups is 1. The van der Waals surface area contributed by atoms with Gasteiger partial charge in [-0.1, -0.05) is 6.07 Å². The molecule has 0 spiro atoms. The average molecular weight is 384 g/mol. The molecule has 148 valence electrons. The minimum Gasteiger partial charge on any atom is -0.383 e. The number of pyridine rings is 1. The zero-order valence-corrected chi connectivity index (χ0v) is 15.9. The fourth-order valence-electron chi connectivity index (χ4n) is 3.35. The molecular formula is C20H24N4O4. The predicted octanol–water partition coefficient (Wildman–Crippen LogP) is 2.88. The van der Waals surface area contributed by atoms with E-state index in [4.69, 9.17) is 4.74 Å². The number of aromatic nitrogens is 1. The smallest absolute Gasteiger partial charge is 0.293 e. The van der Waals surface area contributed by atoms with Gasteiger partial charge in [-0.25, -0.2) is 0 Å². The Morgan fingerprint density at radius 3 is 2.71 bits per heavy atom. The number of amides is 1. The molecule has 0 atom stereocenters. The first-order chi connectivity index (χ1) is 13.6. The lowest BCUT2D eigenvalue weighted by atomic mass is 10.1. The fourth-order valence-corrected chi connectivity index (χ4v) is 3.35. The number of carbonyl (C=O) groups excluding carboxylic acids is 1. The summed E-state index contributed by atoms with van der Waals surface area (Å²) in [5.74, 6) is -0.279. The van der Waals surface area contributed by atoms with Crippen molar-refractivity contribution < 1.29 is 14.5 Å². The van der Waals surface area contributed by atoms with Crippen LogP contribution in [0.2, 0.25) is 0 Å². The van der Waals surface area contributed by atoms with Crippen LogP contribution in [0.5, 0.6) is 0 Å². The Kier molecular flexibility index (Phi) is 6.54. The molecule has 0 N–H and O–H groups in total. The first kappa shape index (κ1) is 19.8. The minimum atomic E-state index is -0.414. The van der Waals surface area contributed by atoms with Crippen LogP contribution in [0.1, 0.15) is 28.9 Å². The molecule has 1 aromatic heterocycles. The number of ether oxygens (including phenoxy) is 1. The van der Waals surface area contributed by atoms with E-state index in [-0.39, 0.29) is 11.6 Å². The van der Waals surface area contributed by atoms with Crippen LogP contribution in [0.4, 0.5) is 11.4 Å². The van der Waals surface area contributed by atoms with Crippen molar-refractivity contribution in [3.05, 3.63) is 64.0 Å². The summed E-state index contributed by atoms with van der Waals surface area (Å²) in [6.45, 7) is 2.65. The van der Waals surface area contributed by atoms with Gasteiger partial charge in [0.25, 0.3) is 11.6 Å². The summed E-state index contributed by atoms with van der Waals surface area (Å²) < 4.78 is 5.12. The van der Waals surface area contributed by atoms with Gasteiger partial charge in [0.1, 0.15) is 5.69 Å². The lowest BCUT2D eigenvalue weighted by molar-refractivity contribution is -0.384. The highest BCUT2D eigenvalue weighted by Gasteiger charge is 2.25. The number of hydrogen-bond donors (Lipinski definition) is 0. The predicted molar refractivity (Wildman–Crippen MR) is 105 cm³/mol. The van der Waals surface area contributed by atoms with Crippen LogP contribution in [-0.2, 0) is 11.3 Å². The lowest BCUT2D eigenvalue weighted by Gasteiger charge is -2.23. The van der Waals surface area contributed by atoms with Crippen LogP contribution in [0.25, 0.3) is 0 Å². The van der Waals surface area contributed by atoms with Crippen LogP contribution in [0.15, 0.2) is 42.6 Å². The normalized spacial score (nSPS) is 13.5. The molecule has 2 aromatic rings. The molecule has 0 aliphatic carbocycles.